The molecule has 0 amide bonds. The fraction of sp³-hybridized carbons (Fsp3) is 0.231. The third kappa shape index (κ3) is 3.16. The van der Waals surface area contributed by atoms with Gasteiger partial charge in [0.15, 0.2) is 5.69 Å². The standard InChI is InChI=1S/C13H8F6N2O2S/c1-4-9(7-3-8(21-24-7)13(17,18)19)6(12(14,15)16)2-5(10(4)20)11(22)23/h2-3H,20H2,1H3,(H,22,23). The molecule has 0 aliphatic heterocycles. The van der Waals surface area contributed by atoms with Gasteiger partial charge < -0.3 is 10.8 Å². The number of aromatic nitrogens is 1. The maximum atomic E-state index is 13.3. The number of nitrogen functional groups attached to an aromatic ring is 1. The number of benzene rings is 1. The van der Waals surface area contributed by atoms with Crippen molar-refractivity contribution in [3.63, 3.8) is 0 Å². The molecule has 1 aromatic carbocycles. The number of nitrogens with two attached hydrogens (primary N) is 1. The molecule has 0 aliphatic carbocycles. The van der Waals surface area contributed by atoms with Crippen LogP contribution in [0.1, 0.15) is 27.2 Å². The van der Waals surface area contributed by atoms with E-state index in [0.717, 1.165) is 6.92 Å². The third-order valence-electron chi connectivity index (χ3n) is 3.21. The molecule has 2 rings (SSSR count). The summed E-state index contributed by atoms with van der Waals surface area (Å²) in [6.45, 7) is 1.11. The van der Waals surface area contributed by atoms with Gasteiger partial charge in [0.1, 0.15) is 0 Å². The molecule has 0 aliphatic rings. The van der Waals surface area contributed by atoms with E-state index in [1.807, 2.05) is 0 Å². The first-order chi connectivity index (χ1) is 10.8. The lowest BCUT2D eigenvalue weighted by atomic mass is 9.94. The molecular formula is C13H8F6N2O2S. The van der Waals surface area contributed by atoms with Crippen molar-refractivity contribution in [2.24, 2.45) is 0 Å². The number of hydrogen-bond acceptors (Lipinski definition) is 4. The maximum Gasteiger partial charge on any atom is 0.434 e. The molecule has 2 aromatic rings. The van der Waals surface area contributed by atoms with Gasteiger partial charge in [-0.2, -0.15) is 30.7 Å². The second-order valence-corrected chi connectivity index (χ2v) is 5.57. The number of rotatable bonds is 2. The summed E-state index contributed by atoms with van der Waals surface area (Å²) in [6, 6.07) is 0.787. The van der Waals surface area contributed by atoms with Crippen LogP contribution >= 0.6 is 11.5 Å². The molecule has 4 nitrogen and oxygen atoms in total. The Balaban J connectivity index is 2.80. The summed E-state index contributed by atoms with van der Waals surface area (Å²) >= 11 is 0.224. The first kappa shape index (κ1) is 18.0. The van der Waals surface area contributed by atoms with E-state index in [-0.39, 0.29) is 17.1 Å². The molecular weight excluding hydrogens is 362 g/mol. The number of hydrogen-bond donors (Lipinski definition) is 2. The number of aromatic carboxylic acids is 1. The Morgan fingerprint density at radius 3 is 2.17 bits per heavy atom. The van der Waals surface area contributed by atoms with Crippen LogP contribution in [0.15, 0.2) is 12.1 Å². The Bertz CT molecular complexity index is 810. The predicted molar refractivity (Wildman–Crippen MR) is 73.7 cm³/mol. The minimum Gasteiger partial charge on any atom is -0.478 e. The Hall–Kier alpha value is -2.30. The summed E-state index contributed by atoms with van der Waals surface area (Å²) in [5, 5.41) is 8.95. The second-order valence-electron chi connectivity index (χ2n) is 4.76. The van der Waals surface area contributed by atoms with E-state index in [0.29, 0.717) is 12.1 Å². The molecule has 0 saturated carbocycles. The monoisotopic (exact) mass is 370 g/mol. The van der Waals surface area contributed by atoms with Crippen molar-refractivity contribution in [3.05, 3.63) is 34.5 Å². The third-order valence-corrected chi connectivity index (χ3v) is 4.02. The number of carboxylic acid groups (broad SMARTS) is 1. The summed E-state index contributed by atoms with van der Waals surface area (Å²) in [5.74, 6) is -1.67. The van der Waals surface area contributed by atoms with E-state index in [1.54, 1.807) is 0 Å². The zero-order chi connectivity index (χ0) is 18.4. The lowest BCUT2D eigenvalue weighted by Crippen LogP contribution is -2.13. The normalized spacial score (nSPS) is 12.5. The second kappa shape index (κ2) is 5.65. The molecule has 3 N–H and O–H groups in total. The number of anilines is 1. The first-order valence-corrected chi connectivity index (χ1v) is 6.89. The highest BCUT2D eigenvalue weighted by molar-refractivity contribution is 7.09. The fourth-order valence-electron chi connectivity index (χ4n) is 2.08. The van der Waals surface area contributed by atoms with Gasteiger partial charge in [-0.25, -0.2) is 4.79 Å². The molecule has 130 valence electrons. The molecule has 0 atom stereocenters. The number of halogens is 6. The summed E-state index contributed by atoms with van der Waals surface area (Å²) in [4.78, 5) is 10.6. The topological polar surface area (TPSA) is 76.2 Å². The smallest absolute Gasteiger partial charge is 0.434 e. The summed E-state index contributed by atoms with van der Waals surface area (Å²) in [7, 11) is 0. The number of carboxylic acids is 1. The van der Waals surface area contributed by atoms with Gasteiger partial charge >= 0.3 is 18.3 Å². The van der Waals surface area contributed by atoms with Gasteiger partial charge in [0.05, 0.1) is 16.0 Å². The SMILES string of the molecule is Cc1c(N)c(C(=O)O)cc(C(F)(F)F)c1-c1cc(C(F)(F)F)ns1. The van der Waals surface area contributed by atoms with Crippen molar-refractivity contribution < 1.29 is 36.2 Å². The number of alkyl halides is 6. The lowest BCUT2D eigenvalue weighted by molar-refractivity contribution is -0.140. The van der Waals surface area contributed by atoms with Crippen molar-refractivity contribution in [2.45, 2.75) is 19.3 Å². The molecule has 1 heterocycles. The molecule has 24 heavy (non-hydrogen) atoms. The van der Waals surface area contributed by atoms with Gasteiger partial charge in [0.25, 0.3) is 0 Å². The van der Waals surface area contributed by atoms with Gasteiger partial charge in [-0.05, 0) is 36.2 Å². The van der Waals surface area contributed by atoms with Gasteiger partial charge in [-0.3, -0.25) is 0 Å². The van der Waals surface area contributed by atoms with Crippen molar-refractivity contribution in [2.75, 3.05) is 5.73 Å². The van der Waals surface area contributed by atoms with Crippen molar-refractivity contribution in [3.8, 4) is 10.4 Å². The van der Waals surface area contributed by atoms with Crippen LogP contribution in [0.4, 0.5) is 32.0 Å². The molecule has 0 bridgehead atoms. The van der Waals surface area contributed by atoms with Crippen molar-refractivity contribution in [1.82, 2.24) is 4.37 Å². The minimum atomic E-state index is -4.99. The van der Waals surface area contributed by atoms with E-state index in [9.17, 15) is 31.1 Å². The maximum absolute atomic E-state index is 13.3. The zero-order valence-corrected chi connectivity index (χ0v) is 12.5. The van der Waals surface area contributed by atoms with E-state index in [2.05, 4.69) is 4.37 Å². The minimum absolute atomic E-state index is 0.224. The molecule has 11 heteroatoms. The molecule has 0 fully saturated rings. The van der Waals surface area contributed by atoms with E-state index in [1.165, 1.54) is 0 Å². The summed E-state index contributed by atoms with van der Waals surface area (Å²) in [5.41, 5.74) is 0.701. The Kier molecular flexibility index (Phi) is 4.25. The van der Waals surface area contributed by atoms with Gasteiger partial charge in [-0.15, -0.1) is 0 Å². The number of nitrogens with zero attached hydrogens (tertiary/aromatic N) is 1. The van der Waals surface area contributed by atoms with Gasteiger partial charge in [0, 0.05) is 11.3 Å². The van der Waals surface area contributed by atoms with E-state index < -0.39 is 51.3 Å². The van der Waals surface area contributed by atoms with Gasteiger partial charge in [-0.1, -0.05) is 0 Å². The van der Waals surface area contributed by atoms with Crippen LogP contribution in [-0.2, 0) is 12.4 Å². The van der Waals surface area contributed by atoms with Crippen LogP contribution in [0, 0.1) is 6.92 Å². The van der Waals surface area contributed by atoms with Crippen molar-refractivity contribution >= 4 is 23.2 Å². The molecule has 0 saturated heterocycles. The van der Waals surface area contributed by atoms with Crippen LogP contribution in [0.2, 0.25) is 0 Å². The van der Waals surface area contributed by atoms with Crippen LogP contribution in [0.5, 0.6) is 0 Å². The highest BCUT2D eigenvalue weighted by Gasteiger charge is 2.39. The van der Waals surface area contributed by atoms with E-state index in [4.69, 9.17) is 10.8 Å². The number of carbonyl (C=O) groups is 1. The van der Waals surface area contributed by atoms with Crippen LogP contribution in [-0.4, -0.2) is 15.4 Å². The van der Waals surface area contributed by atoms with Crippen molar-refractivity contribution in [1.29, 1.82) is 0 Å². The van der Waals surface area contributed by atoms with E-state index >= 15 is 0 Å². The van der Waals surface area contributed by atoms with Gasteiger partial charge in [0.2, 0.25) is 0 Å². The average molecular weight is 370 g/mol. The average Bonchev–Trinajstić information content (AvgIpc) is 2.89. The Morgan fingerprint density at radius 2 is 1.75 bits per heavy atom. The lowest BCUT2D eigenvalue weighted by Gasteiger charge is -2.17. The highest BCUT2D eigenvalue weighted by atomic mass is 32.1. The Labute approximate surface area is 134 Å². The van der Waals surface area contributed by atoms with Crippen LogP contribution in [0.25, 0.3) is 10.4 Å². The highest BCUT2D eigenvalue weighted by Crippen LogP contribution is 2.44. The largest absolute Gasteiger partial charge is 0.478 e. The van der Waals surface area contributed by atoms with Crippen LogP contribution < -0.4 is 5.73 Å². The quantitative estimate of drug-likeness (QED) is 0.605. The Morgan fingerprint density at radius 1 is 1.17 bits per heavy atom. The molecule has 0 radical (unpaired) electrons. The molecule has 0 spiro atoms. The van der Waals surface area contributed by atoms with Crippen LogP contribution in [0.3, 0.4) is 0 Å². The zero-order valence-electron chi connectivity index (χ0n) is 11.7. The summed E-state index contributed by atoms with van der Waals surface area (Å²) < 4.78 is 80.7. The predicted octanol–water partition coefficient (Wildman–Crippen LogP) is 4.44. The summed E-state index contributed by atoms with van der Waals surface area (Å²) in [6.07, 6.45) is -9.80. The first-order valence-electron chi connectivity index (χ1n) is 6.12. The molecule has 0 unspecified atom stereocenters. The fourth-order valence-corrected chi connectivity index (χ4v) is 2.95. The molecule has 1 aromatic heterocycles.